The summed E-state index contributed by atoms with van der Waals surface area (Å²) in [6.45, 7) is 2.48. The summed E-state index contributed by atoms with van der Waals surface area (Å²) in [4.78, 5) is 16.3. The molecule has 0 radical (unpaired) electrons. The van der Waals surface area contributed by atoms with Gasteiger partial charge in [0.15, 0.2) is 0 Å². The fourth-order valence-electron chi connectivity index (χ4n) is 1.66. The third-order valence-electron chi connectivity index (χ3n) is 2.63. The largest absolute Gasteiger partial charge is 0.397 e. The average Bonchev–Trinajstić information content (AvgIpc) is 2.78. The van der Waals surface area contributed by atoms with Crippen LogP contribution in [0.5, 0.6) is 0 Å². The lowest BCUT2D eigenvalue weighted by atomic mass is 10.1. The maximum Gasteiger partial charge on any atom is 0.253 e. The van der Waals surface area contributed by atoms with Gasteiger partial charge in [0.1, 0.15) is 0 Å². The number of carbonyl (C=O) groups excluding carboxylic acids is 1. The third-order valence-corrected chi connectivity index (χ3v) is 3.78. The molecule has 0 bridgehead atoms. The first-order chi connectivity index (χ1) is 9.08. The van der Waals surface area contributed by atoms with Crippen molar-refractivity contribution in [2.75, 3.05) is 12.3 Å². The molecule has 1 aromatic heterocycles. The highest BCUT2D eigenvalue weighted by atomic mass is 35.5. The number of rotatable bonds is 4. The summed E-state index contributed by atoms with van der Waals surface area (Å²) >= 11 is 7.48. The molecule has 0 unspecified atom stereocenters. The molecule has 0 aliphatic carbocycles. The number of anilines is 1. The van der Waals surface area contributed by atoms with E-state index in [-0.39, 0.29) is 5.91 Å². The molecular weight excluding hydrogens is 282 g/mol. The van der Waals surface area contributed by atoms with Crippen LogP contribution in [0.4, 0.5) is 5.69 Å². The Morgan fingerprint density at radius 3 is 3.00 bits per heavy atom. The van der Waals surface area contributed by atoms with Crippen LogP contribution < -0.4 is 11.1 Å². The minimum absolute atomic E-state index is 0.216. The number of thiazole rings is 1. The van der Waals surface area contributed by atoms with E-state index in [2.05, 4.69) is 10.3 Å². The second-order valence-corrected chi connectivity index (χ2v) is 5.53. The SMILES string of the molecule is Cc1nc(CCNC(=O)c2cccc(Cl)c2N)cs1. The van der Waals surface area contributed by atoms with E-state index < -0.39 is 0 Å². The molecular formula is C13H14ClN3OS. The molecule has 4 nitrogen and oxygen atoms in total. The van der Waals surface area contributed by atoms with Gasteiger partial charge in [0.05, 0.1) is 27.0 Å². The third kappa shape index (κ3) is 3.45. The first-order valence-electron chi connectivity index (χ1n) is 5.81. The molecule has 0 atom stereocenters. The van der Waals surface area contributed by atoms with Crippen molar-refractivity contribution in [3.05, 3.63) is 44.9 Å². The Kier molecular flexibility index (Phi) is 4.39. The quantitative estimate of drug-likeness (QED) is 0.852. The highest BCUT2D eigenvalue weighted by Gasteiger charge is 2.11. The van der Waals surface area contributed by atoms with Crippen LogP contribution in [0.2, 0.25) is 5.02 Å². The lowest BCUT2D eigenvalue weighted by Crippen LogP contribution is -2.26. The van der Waals surface area contributed by atoms with E-state index in [1.807, 2.05) is 12.3 Å². The van der Waals surface area contributed by atoms with Crippen LogP contribution >= 0.6 is 22.9 Å². The molecule has 1 heterocycles. The van der Waals surface area contributed by atoms with Crippen LogP contribution in [0.25, 0.3) is 0 Å². The average molecular weight is 296 g/mol. The summed E-state index contributed by atoms with van der Waals surface area (Å²) in [7, 11) is 0. The Morgan fingerprint density at radius 2 is 2.32 bits per heavy atom. The molecule has 3 N–H and O–H groups in total. The first-order valence-corrected chi connectivity index (χ1v) is 7.07. The van der Waals surface area contributed by atoms with E-state index in [9.17, 15) is 4.79 Å². The zero-order valence-electron chi connectivity index (χ0n) is 10.4. The number of hydrogen-bond acceptors (Lipinski definition) is 4. The number of aromatic nitrogens is 1. The zero-order chi connectivity index (χ0) is 13.8. The fraction of sp³-hybridized carbons (Fsp3) is 0.231. The van der Waals surface area contributed by atoms with Gasteiger partial charge < -0.3 is 11.1 Å². The van der Waals surface area contributed by atoms with E-state index in [4.69, 9.17) is 17.3 Å². The Bertz CT molecular complexity index is 597. The number of halogens is 1. The summed E-state index contributed by atoms with van der Waals surface area (Å²) < 4.78 is 0. The monoisotopic (exact) mass is 295 g/mol. The maximum absolute atomic E-state index is 11.9. The van der Waals surface area contributed by atoms with Crippen LogP contribution in [0, 0.1) is 6.92 Å². The molecule has 1 aromatic carbocycles. The Labute approximate surface area is 120 Å². The molecule has 0 spiro atoms. The van der Waals surface area contributed by atoms with Crippen molar-refractivity contribution in [3.8, 4) is 0 Å². The molecule has 1 amide bonds. The Balaban J connectivity index is 1.93. The lowest BCUT2D eigenvalue weighted by molar-refractivity contribution is 0.0955. The van der Waals surface area contributed by atoms with E-state index in [0.29, 0.717) is 29.2 Å². The summed E-state index contributed by atoms with van der Waals surface area (Å²) in [5.41, 5.74) is 7.47. The summed E-state index contributed by atoms with van der Waals surface area (Å²) in [6, 6.07) is 5.02. The van der Waals surface area contributed by atoms with Crippen molar-refractivity contribution < 1.29 is 4.79 Å². The van der Waals surface area contributed by atoms with Gasteiger partial charge in [-0.2, -0.15) is 0 Å². The van der Waals surface area contributed by atoms with Crippen molar-refractivity contribution in [2.45, 2.75) is 13.3 Å². The van der Waals surface area contributed by atoms with Crippen LogP contribution in [0.1, 0.15) is 21.1 Å². The van der Waals surface area contributed by atoms with Gasteiger partial charge in [-0.05, 0) is 19.1 Å². The van der Waals surface area contributed by atoms with Crippen LogP contribution in [-0.4, -0.2) is 17.4 Å². The predicted molar refractivity (Wildman–Crippen MR) is 78.8 cm³/mol. The molecule has 100 valence electrons. The number of nitrogen functional groups attached to an aromatic ring is 1. The van der Waals surface area contributed by atoms with E-state index in [1.54, 1.807) is 29.5 Å². The van der Waals surface area contributed by atoms with Crippen molar-refractivity contribution >= 4 is 34.5 Å². The second kappa shape index (κ2) is 6.04. The van der Waals surface area contributed by atoms with Crippen molar-refractivity contribution in [2.24, 2.45) is 0 Å². The summed E-state index contributed by atoms with van der Waals surface area (Å²) in [5.74, 6) is -0.216. The molecule has 2 aromatic rings. The number of nitrogens with zero attached hydrogens (tertiary/aromatic N) is 1. The standard InChI is InChI=1S/C13H14ClN3OS/c1-8-17-9(7-19-8)5-6-16-13(18)10-3-2-4-11(14)12(10)15/h2-4,7H,5-6,15H2,1H3,(H,16,18). The van der Waals surface area contributed by atoms with Gasteiger partial charge in [0.2, 0.25) is 0 Å². The normalized spacial score (nSPS) is 10.4. The van der Waals surface area contributed by atoms with Gasteiger partial charge in [-0.15, -0.1) is 11.3 Å². The van der Waals surface area contributed by atoms with Gasteiger partial charge in [-0.25, -0.2) is 4.98 Å². The van der Waals surface area contributed by atoms with Crippen LogP contribution in [-0.2, 0) is 6.42 Å². The molecule has 0 saturated heterocycles. The van der Waals surface area contributed by atoms with Crippen LogP contribution in [0.3, 0.4) is 0 Å². The number of aryl methyl sites for hydroxylation is 1. The molecule has 2 rings (SSSR count). The number of carbonyl (C=O) groups is 1. The molecule has 0 fully saturated rings. The highest BCUT2D eigenvalue weighted by molar-refractivity contribution is 7.09. The van der Waals surface area contributed by atoms with Gasteiger partial charge in [-0.3, -0.25) is 4.79 Å². The zero-order valence-corrected chi connectivity index (χ0v) is 12.0. The van der Waals surface area contributed by atoms with E-state index in [0.717, 1.165) is 10.7 Å². The first kappa shape index (κ1) is 13.8. The molecule has 6 heteroatoms. The topological polar surface area (TPSA) is 68.0 Å². The molecule has 0 saturated carbocycles. The smallest absolute Gasteiger partial charge is 0.253 e. The van der Waals surface area contributed by atoms with Crippen LogP contribution in [0.15, 0.2) is 23.6 Å². The van der Waals surface area contributed by atoms with Gasteiger partial charge in [0, 0.05) is 18.3 Å². The van der Waals surface area contributed by atoms with Crippen molar-refractivity contribution in [1.82, 2.24) is 10.3 Å². The lowest BCUT2D eigenvalue weighted by Gasteiger charge is -2.07. The number of nitrogens with two attached hydrogens (primary N) is 1. The van der Waals surface area contributed by atoms with Crippen molar-refractivity contribution in [3.63, 3.8) is 0 Å². The van der Waals surface area contributed by atoms with E-state index in [1.165, 1.54) is 0 Å². The highest BCUT2D eigenvalue weighted by Crippen LogP contribution is 2.22. The van der Waals surface area contributed by atoms with Gasteiger partial charge in [0.25, 0.3) is 5.91 Å². The Morgan fingerprint density at radius 1 is 1.53 bits per heavy atom. The Hall–Kier alpha value is -1.59. The minimum atomic E-state index is -0.216. The fourth-order valence-corrected chi connectivity index (χ4v) is 2.48. The van der Waals surface area contributed by atoms with Crippen molar-refractivity contribution in [1.29, 1.82) is 0 Å². The number of benzene rings is 1. The second-order valence-electron chi connectivity index (χ2n) is 4.06. The van der Waals surface area contributed by atoms with Gasteiger partial charge in [-0.1, -0.05) is 17.7 Å². The molecule has 0 aliphatic heterocycles. The summed E-state index contributed by atoms with van der Waals surface area (Å²) in [6.07, 6.45) is 0.705. The molecule has 19 heavy (non-hydrogen) atoms. The molecule has 0 aliphatic rings. The maximum atomic E-state index is 11.9. The minimum Gasteiger partial charge on any atom is -0.397 e. The van der Waals surface area contributed by atoms with Gasteiger partial charge >= 0.3 is 0 Å². The predicted octanol–water partition coefficient (Wildman–Crippen LogP) is 2.66. The summed E-state index contributed by atoms with van der Waals surface area (Å²) in [5, 5.41) is 6.23. The number of nitrogens with one attached hydrogen (secondary N) is 1. The van der Waals surface area contributed by atoms with E-state index >= 15 is 0 Å². The number of para-hydroxylation sites is 1. The number of hydrogen-bond donors (Lipinski definition) is 2. The number of amides is 1.